The highest BCUT2D eigenvalue weighted by Gasteiger charge is 2.09. The molecular formula is C21H22N2O3S. The summed E-state index contributed by atoms with van der Waals surface area (Å²) >= 11 is 1.43. The van der Waals surface area contributed by atoms with Gasteiger partial charge in [-0.05, 0) is 25.5 Å². The van der Waals surface area contributed by atoms with Crippen LogP contribution in [0.1, 0.15) is 19.8 Å². The summed E-state index contributed by atoms with van der Waals surface area (Å²) in [6.45, 7) is 2.97. The zero-order chi connectivity index (χ0) is 18.9. The molecule has 3 aromatic rings. The third-order valence-electron chi connectivity index (χ3n) is 3.77. The van der Waals surface area contributed by atoms with E-state index in [0.29, 0.717) is 36.9 Å². The highest BCUT2D eigenvalue weighted by Crippen LogP contribution is 2.27. The Kier molecular flexibility index (Phi) is 6.82. The van der Waals surface area contributed by atoms with E-state index < -0.39 is 0 Å². The maximum absolute atomic E-state index is 12.1. The van der Waals surface area contributed by atoms with E-state index in [-0.39, 0.29) is 5.91 Å². The summed E-state index contributed by atoms with van der Waals surface area (Å²) in [5.74, 6) is 1.36. The first-order valence-electron chi connectivity index (χ1n) is 8.91. The number of hydrogen-bond acceptors (Lipinski definition) is 5. The Hall–Kier alpha value is -2.86. The van der Waals surface area contributed by atoms with Crippen molar-refractivity contribution < 1.29 is 14.3 Å². The third kappa shape index (κ3) is 5.56. The van der Waals surface area contributed by atoms with Crippen molar-refractivity contribution in [3.05, 3.63) is 60.0 Å². The van der Waals surface area contributed by atoms with Gasteiger partial charge in [0, 0.05) is 17.4 Å². The molecule has 0 unspecified atom stereocenters. The molecule has 3 rings (SSSR count). The SMILES string of the molecule is CCOc1ccccc1OCCCC(=O)Nc1nc(-c2ccccc2)cs1. The number of nitrogens with one attached hydrogen (secondary N) is 1. The molecule has 27 heavy (non-hydrogen) atoms. The highest BCUT2D eigenvalue weighted by molar-refractivity contribution is 7.14. The zero-order valence-corrected chi connectivity index (χ0v) is 16.0. The smallest absolute Gasteiger partial charge is 0.226 e. The molecule has 140 valence electrons. The first kappa shape index (κ1) is 18.9. The average Bonchev–Trinajstić information content (AvgIpc) is 3.16. The molecule has 0 saturated heterocycles. The number of benzene rings is 2. The molecule has 6 heteroatoms. The molecule has 0 bridgehead atoms. The van der Waals surface area contributed by atoms with Crippen LogP contribution in [0.3, 0.4) is 0 Å². The Balaban J connectivity index is 1.44. The number of thiazole rings is 1. The lowest BCUT2D eigenvalue weighted by atomic mass is 10.2. The molecule has 1 heterocycles. The normalized spacial score (nSPS) is 10.4. The first-order valence-corrected chi connectivity index (χ1v) is 9.79. The summed E-state index contributed by atoms with van der Waals surface area (Å²) in [4.78, 5) is 16.6. The lowest BCUT2D eigenvalue weighted by Crippen LogP contribution is -2.12. The molecule has 0 saturated carbocycles. The van der Waals surface area contributed by atoms with E-state index in [9.17, 15) is 4.79 Å². The number of carbonyl (C=O) groups is 1. The lowest BCUT2D eigenvalue weighted by molar-refractivity contribution is -0.116. The molecule has 0 aliphatic heterocycles. The number of para-hydroxylation sites is 2. The van der Waals surface area contributed by atoms with E-state index in [4.69, 9.17) is 9.47 Å². The molecule has 0 aliphatic carbocycles. The Morgan fingerprint density at radius 2 is 1.74 bits per heavy atom. The molecule has 1 N–H and O–H groups in total. The second kappa shape index (κ2) is 9.73. The third-order valence-corrected chi connectivity index (χ3v) is 4.53. The van der Waals surface area contributed by atoms with Crippen LogP contribution in [0, 0.1) is 0 Å². The van der Waals surface area contributed by atoms with Crippen molar-refractivity contribution in [2.75, 3.05) is 18.5 Å². The van der Waals surface area contributed by atoms with Gasteiger partial charge in [0.25, 0.3) is 0 Å². The van der Waals surface area contributed by atoms with Crippen LogP contribution < -0.4 is 14.8 Å². The second-order valence-corrected chi connectivity index (χ2v) is 6.64. The summed E-state index contributed by atoms with van der Waals surface area (Å²) in [7, 11) is 0. The summed E-state index contributed by atoms with van der Waals surface area (Å²) in [6, 6.07) is 17.4. The molecule has 0 fully saturated rings. The lowest BCUT2D eigenvalue weighted by Gasteiger charge is -2.11. The van der Waals surface area contributed by atoms with Crippen molar-refractivity contribution in [2.24, 2.45) is 0 Å². The van der Waals surface area contributed by atoms with E-state index in [1.165, 1.54) is 11.3 Å². The van der Waals surface area contributed by atoms with Gasteiger partial charge in [0.1, 0.15) is 0 Å². The Morgan fingerprint density at radius 1 is 1.04 bits per heavy atom. The van der Waals surface area contributed by atoms with Crippen molar-refractivity contribution in [1.82, 2.24) is 4.98 Å². The van der Waals surface area contributed by atoms with E-state index in [1.54, 1.807) is 0 Å². The van der Waals surface area contributed by atoms with Gasteiger partial charge in [-0.3, -0.25) is 4.79 Å². The fraction of sp³-hybridized carbons (Fsp3) is 0.238. The molecule has 2 aromatic carbocycles. The van der Waals surface area contributed by atoms with Crippen LogP contribution in [-0.2, 0) is 4.79 Å². The Labute approximate surface area is 163 Å². The summed E-state index contributed by atoms with van der Waals surface area (Å²) in [5, 5.41) is 5.41. The van der Waals surface area contributed by atoms with Gasteiger partial charge in [-0.1, -0.05) is 42.5 Å². The van der Waals surface area contributed by atoms with Crippen molar-refractivity contribution in [3.8, 4) is 22.8 Å². The monoisotopic (exact) mass is 382 g/mol. The fourth-order valence-corrected chi connectivity index (χ4v) is 3.25. The molecular weight excluding hydrogens is 360 g/mol. The quantitative estimate of drug-likeness (QED) is 0.529. The van der Waals surface area contributed by atoms with Crippen LogP contribution in [0.4, 0.5) is 5.13 Å². The van der Waals surface area contributed by atoms with Crippen molar-refractivity contribution >= 4 is 22.4 Å². The molecule has 1 amide bonds. The van der Waals surface area contributed by atoms with Crippen LogP contribution in [0.2, 0.25) is 0 Å². The van der Waals surface area contributed by atoms with Gasteiger partial charge < -0.3 is 14.8 Å². The molecule has 0 radical (unpaired) electrons. The standard InChI is InChI=1S/C21H22N2O3S/c1-2-25-18-11-6-7-12-19(18)26-14-8-13-20(24)23-21-22-17(15-27-21)16-9-4-3-5-10-16/h3-7,9-12,15H,2,8,13-14H2,1H3,(H,22,23,24). The van der Waals surface area contributed by atoms with Gasteiger partial charge in [-0.25, -0.2) is 4.98 Å². The van der Waals surface area contributed by atoms with E-state index in [1.807, 2.05) is 66.9 Å². The molecule has 5 nitrogen and oxygen atoms in total. The zero-order valence-electron chi connectivity index (χ0n) is 15.2. The number of aromatic nitrogens is 1. The predicted octanol–water partition coefficient (Wildman–Crippen LogP) is 5.01. The minimum Gasteiger partial charge on any atom is -0.490 e. The van der Waals surface area contributed by atoms with Crippen molar-refractivity contribution in [3.63, 3.8) is 0 Å². The van der Waals surface area contributed by atoms with Gasteiger partial charge in [0.15, 0.2) is 16.6 Å². The number of rotatable bonds is 9. The molecule has 0 spiro atoms. The van der Waals surface area contributed by atoms with E-state index in [0.717, 1.165) is 17.0 Å². The minimum absolute atomic E-state index is 0.0642. The minimum atomic E-state index is -0.0642. The van der Waals surface area contributed by atoms with Gasteiger partial charge in [0.05, 0.1) is 18.9 Å². The van der Waals surface area contributed by atoms with Crippen LogP contribution >= 0.6 is 11.3 Å². The van der Waals surface area contributed by atoms with Gasteiger partial charge in [0.2, 0.25) is 5.91 Å². The summed E-state index contributed by atoms with van der Waals surface area (Å²) < 4.78 is 11.3. The van der Waals surface area contributed by atoms with Crippen LogP contribution in [0.15, 0.2) is 60.0 Å². The Bertz CT molecular complexity index is 865. The number of nitrogens with zero attached hydrogens (tertiary/aromatic N) is 1. The van der Waals surface area contributed by atoms with Crippen LogP contribution in [-0.4, -0.2) is 24.1 Å². The number of amides is 1. The number of carbonyl (C=O) groups excluding carboxylic acids is 1. The van der Waals surface area contributed by atoms with Gasteiger partial charge >= 0.3 is 0 Å². The maximum atomic E-state index is 12.1. The maximum Gasteiger partial charge on any atom is 0.226 e. The molecule has 1 aromatic heterocycles. The first-order chi connectivity index (χ1) is 13.3. The van der Waals surface area contributed by atoms with Gasteiger partial charge in [-0.2, -0.15) is 0 Å². The summed E-state index contributed by atoms with van der Waals surface area (Å²) in [6.07, 6.45) is 0.986. The average molecular weight is 382 g/mol. The van der Waals surface area contributed by atoms with E-state index >= 15 is 0 Å². The predicted molar refractivity (Wildman–Crippen MR) is 109 cm³/mol. The van der Waals surface area contributed by atoms with Crippen molar-refractivity contribution in [2.45, 2.75) is 19.8 Å². The molecule has 0 atom stereocenters. The van der Waals surface area contributed by atoms with Crippen LogP contribution in [0.5, 0.6) is 11.5 Å². The fourth-order valence-electron chi connectivity index (χ4n) is 2.51. The number of anilines is 1. The second-order valence-electron chi connectivity index (χ2n) is 5.78. The topological polar surface area (TPSA) is 60.5 Å². The van der Waals surface area contributed by atoms with E-state index in [2.05, 4.69) is 10.3 Å². The number of ether oxygens (including phenoxy) is 2. The highest BCUT2D eigenvalue weighted by atomic mass is 32.1. The summed E-state index contributed by atoms with van der Waals surface area (Å²) in [5.41, 5.74) is 1.90. The van der Waals surface area contributed by atoms with Crippen molar-refractivity contribution in [1.29, 1.82) is 0 Å². The van der Waals surface area contributed by atoms with Gasteiger partial charge in [-0.15, -0.1) is 11.3 Å². The van der Waals surface area contributed by atoms with Crippen LogP contribution in [0.25, 0.3) is 11.3 Å². The largest absolute Gasteiger partial charge is 0.490 e. The molecule has 0 aliphatic rings. The Morgan fingerprint density at radius 3 is 2.48 bits per heavy atom. The number of hydrogen-bond donors (Lipinski definition) is 1.